The maximum atomic E-state index is 14.0. The Labute approximate surface area is 253 Å². The fourth-order valence-corrected chi connectivity index (χ4v) is 5.07. The van der Waals surface area contributed by atoms with Crippen molar-refractivity contribution >= 4 is 28.6 Å². The molecule has 11 heteroatoms. The van der Waals surface area contributed by atoms with Gasteiger partial charge in [0.2, 0.25) is 5.91 Å². The number of carbonyl (C=O) groups is 1. The molecular weight excluding hydrogens is 561 g/mol. The van der Waals surface area contributed by atoms with E-state index in [9.17, 15) is 14.0 Å². The van der Waals surface area contributed by atoms with E-state index >= 15 is 0 Å². The predicted molar refractivity (Wildman–Crippen MR) is 168 cm³/mol. The van der Waals surface area contributed by atoms with Gasteiger partial charge in [-0.25, -0.2) is 23.7 Å². The first-order valence-corrected chi connectivity index (χ1v) is 14.3. The van der Waals surface area contributed by atoms with E-state index in [1.807, 2.05) is 12.1 Å². The van der Waals surface area contributed by atoms with Gasteiger partial charge in [0.25, 0.3) is 0 Å². The summed E-state index contributed by atoms with van der Waals surface area (Å²) in [6, 6.07) is 20.8. The van der Waals surface area contributed by atoms with Gasteiger partial charge < -0.3 is 15.4 Å². The molecule has 0 saturated heterocycles. The maximum absolute atomic E-state index is 14.0. The number of aromatic nitrogens is 4. The van der Waals surface area contributed by atoms with Gasteiger partial charge in [0.15, 0.2) is 11.5 Å². The first-order valence-electron chi connectivity index (χ1n) is 14.3. The number of nitrogens with zero attached hydrogens (tertiary/aromatic N) is 6. The zero-order valence-electron chi connectivity index (χ0n) is 24.4. The second-order valence-electron chi connectivity index (χ2n) is 10.8. The molecule has 2 aromatic heterocycles. The SMILES string of the molecule is CN(C(=O)C=CCN(C)C1CC1)c1cccc(-n2c(=O)n(-c3ccc(OCc4cccc(F)c4)cc3)c3c(N)ncnc32)c1. The number of fused-ring (bicyclic) bond motifs is 1. The standard InChI is InChI=1S/C33H32FN7O3/c1-38(24-11-12-24)17-5-10-29(42)39(2)26-8-4-9-27(19-26)41-32-30(31(35)36-21-37-32)40(33(41)43)25-13-15-28(16-14-25)44-20-22-6-3-7-23(34)18-22/h3-10,13-16,18-19,21,24H,11-12,17,20H2,1-2H3,(H2,35,36,37). The van der Waals surface area contributed by atoms with Crippen LogP contribution in [-0.2, 0) is 11.4 Å². The Kier molecular flexibility index (Phi) is 7.95. The second kappa shape index (κ2) is 12.1. The molecule has 1 fully saturated rings. The van der Waals surface area contributed by atoms with E-state index in [1.165, 1.54) is 45.3 Å². The number of anilines is 2. The number of amides is 1. The average Bonchev–Trinajstić information content (AvgIpc) is 3.83. The molecule has 0 aliphatic heterocycles. The van der Waals surface area contributed by atoms with Gasteiger partial charge in [0.1, 0.15) is 30.0 Å². The summed E-state index contributed by atoms with van der Waals surface area (Å²) >= 11 is 0. The second-order valence-corrected chi connectivity index (χ2v) is 10.8. The van der Waals surface area contributed by atoms with Crippen molar-refractivity contribution in [3.05, 3.63) is 113 Å². The summed E-state index contributed by atoms with van der Waals surface area (Å²) in [6.45, 7) is 0.901. The smallest absolute Gasteiger partial charge is 0.339 e. The third-order valence-electron chi connectivity index (χ3n) is 7.67. The zero-order chi connectivity index (χ0) is 30.8. The Morgan fingerprint density at radius 2 is 1.80 bits per heavy atom. The van der Waals surface area contributed by atoms with E-state index in [4.69, 9.17) is 10.5 Å². The number of nitrogens with two attached hydrogens (primary N) is 1. The fourth-order valence-electron chi connectivity index (χ4n) is 5.07. The summed E-state index contributed by atoms with van der Waals surface area (Å²) in [5.74, 6) is 0.187. The lowest BCUT2D eigenvalue weighted by molar-refractivity contribution is -0.113. The first-order chi connectivity index (χ1) is 21.3. The third-order valence-corrected chi connectivity index (χ3v) is 7.67. The van der Waals surface area contributed by atoms with E-state index in [2.05, 4.69) is 21.9 Å². The van der Waals surface area contributed by atoms with E-state index in [1.54, 1.807) is 67.7 Å². The minimum Gasteiger partial charge on any atom is -0.489 e. The van der Waals surface area contributed by atoms with E-state index in [0.29, 0.717) is 52.1 Å². The molecule has 1 saturated carbocycles. The van der Waals surface area contributed by atoms with Gasteiger partial charge in [-0.3, -0.25) is 14.3 Å². The van der Waals surface area contributed by atoms with Crippen LogP contribution in [0, 0.1) is 5.82 Å². The molecule has 0 spiro atoms. The van der Waals surface area contributed by atoms with Gasteiger partial charge in [-0.2, -0.15) is 0 Å². The summed E-state index contributed by atoms with van der Waals surface area (Å²) in [6.07, 6.45) is 7.16. The van der Waals surface area contributed by atoms with Crippen LogP contribution in [0.5, 0.6) is 5.75 Å². The number of halogens is 1. The molecule has 0 bridgehead atoms. The van der Waals surface area contributed by atoms with Crippen LogP contribution in [0.2, 0.25) is 0 Å². The predicted octanol–water partition coefficient (Wildman–Crippen LogP) is 4.48. The number of benzene rings is 3. The molecule has 1 aliphatic rings. The highest BCUT2D eigenvalue weighted by Crippen LogP contribution is 2.27. The third kappa shape index (κ3) is 5.95. The first kappa shape index (κ1) is 28.8. The molecule has 0 radical (unpaired) electrons. The van der Waals surface area contributed by atoms with E-state index < -0.39 is 5.69 Å². The van der Waals surface area contributed by atoms with Crippen molar-refractivity contribution in [2.45, 2.75) is 25.5 Å². The van der Waals surface area contributed by atoms with Crippen molar-refractivity contribution in [1.29, 1.82) is 0 Å². The normalized spacial score (nSPS) is 13.2. The summed E-state index contributed by atoms with van der Waals surface area (Å²) in [7, 11) is 3.75. The molecule has 10 nitrogen and oxygen atoms in total. The quantitative estimate of drug-likeness (QED) is 0.238. The fraction of sp³-hybridized carbons (Fsp3) is 0.212. The molecule has 0 atom stereocenters. The number of carbonyl (C=O) groups excluding carboxylic acids is 1. The average molecular weight is 594 g/mol. The number of nitrogen functional groups attached to an aromatic ring is 1. The van der Waals surface area contributed by atoms with Crippen LogP contribution < -0.4 is 21.1 Å². The van der Waals surface area contributed by atoms with Gasteiger partial charge in [0.05, 0.1) is 11.4 Å². The molecule has 3 aromatic carbocycles. The summed E-state index contributed by atoms with van der Waals surface area (Å²) in [5, 5.41) is 0. The zero-order valence-corrected chi connectivity index (χ0v) is 24.4. The molecular formula is C33H32FN7O3. The highest BCUT2D eigenvalue weighted by molar-refractivity contribution is 6.01. The maximum Gasteiger partial charge on any atom is 0.339 e. The molecule has 44 heavy (non-hydrogen) atoms. The van der Waals surface area contributed by atoms with Crippen LogP contribution in [0.4, 0.5) is 15.9 Å². The van der Waals surface area contributed by atoms with Gasteiger partial charge in [-0.15, -0.1) is 0 Å². The Balaban J connectivity index is 1.29. The van der Waals surface area contributed by atoms with Crippen LogP contribution >= 0.6 is 0 Å². The van der Waals surface area contributed by atoms with Crippen LogP contribution in [0.25, 0.3) is 22.5 Å². The van der Waals surface area contributed by atoms with Gasteiger partial charge in [-0.1, -0.05) is 24.3 Å². The summed E-state index contributed by atoms with van der Waals surface area (Å²) < 4.78 is 22.2. The van der Waals surface area contributed by atoms with Crippen molar-refractivity contribution in [2.24, 2.45) is 0 Å². The van der Waals surface area contributed by atoms with Crippen molar-refractivity contribution in [1.82, 2.24) is 24.0 Å². The van der Waals surface area contributed by atoms with Gasteiger partial charge in [-0.05, 0) is 80.1 Å². The summed E-state index contributed by atoms with van der Waals surface area (Å²) in [4.78, 5) is 39.2. The minimum absolute atomic E-state index is 0.141. The molecule has 0 unspecified atom stereocenters. The lowest BCUT2D eigenvalue weighted by atomic mass is 10.2. The minimum atomic E-state index is -0.408. The van der Waals surface area contributed by atoms with Crippen LogP contribution in [-0.4, -0.2) is 56.6 Å². The molecule has 1 amide bonds. The molecule has 2 N–H and O–H groups in total. The summed E-state index contributed by atoms with van der Waals surface area (Å²) in [5.41, 5.74) is 8.90. The number of hydrogen-bond donors (Lipinski definition) is 1. The van der Waals surface area contributed by atoms with E-state index in [-0.39, 0.29) is 24.1 Å². The molecule has 2 heterocycles. The Morgan fingerprint density at radius 1 is 1.02 bits per heavy atom. The Hall–Kier alpha value is -5.29. The van der Waals surface area contributed by atoms with E-state index in [0.717, 1.165) is 0 Å². The van der Waals surface area contributed by atoms with Gasteiger partial charge in [0, 0.05) is 31.4 Å². The number of hydrogen-bond acceptors (Lipinski definition) is 7. The Morgan fingerprint density at radius 3 is 2.55 bits per heavy atom. The number of likely N-dealkylation sites (N-methyl/N-ethyl adjacent to an activating group) is 2. The number of rotatable bonds is 10. The lowest BCUT2D eigenvalue weighted by Gasteiger charge is -2.17. The van der Waals surface area contributed by atoms with Crippen molar-refractivity contribution < 1.29 is 13.9 Å². The number of imidazole rings is 1. The molecule has 5 aromatic rings. The van der Waals surface area contributed by atoms with Crippen molar-refractivity contribution in [3.63, 3.8) is 0 Å². The largest absolute Gasteiger partial charge is 0.489 e. The molecule has 1 aliphatic carbocycles. The van der Waals surface area contributed by atoms with Crippen molar-refractivity contribution in [3.8, 4) is 17.1 Å². The lowest BCUT2D eigenvalue weighted by Crippen LogP contribution is -2.26. The molecule has 224 valence electrons. The van der Waals surface area contributed by atoms with Crippen LogP contribution in [0.1, 0.15) is 18.4 Å². The highest BCUT2D eigenvalue weighted by atomic mass is 19.1. The topological polar surface area (TPSA) is 112 Å². The number of ether oxygens (including phenoxy) is 1. The monoisotopic (exact) mass is 593 g/mol. The van der Waals surface area contributed by atoms with Crippen LogP contribution in [0.15, 0.2) is 96.1 Å². The highest BCUT2D eigenvalue weighted by Gasteiger charge is 2.25. The van der Waals surface area contributed by atoms with Gasteiger partial charge >= 0.3 is 5.69 Å². The Bertz CT molecular complexity index is 1910. The molecule has 6 rings (SSSR count). The van der Waals surface area contributed by atoms with Crippen LogP contribution in [0.3, 0.4) is 0 Å². The van der Waals surface area contributed by atoms with Crippen molar-refractivity contribution in [2.75, 3.05) is 31.3 Å².